The smallest absolute Gasteiger partial charge is 0.249 e. The highest BCUT2D eigenvalue weighted by atomic mass is 19.1. The van der Waals surface area contributed by atoms with E-state index in [4.69, 9.17) is 0 Å². The number of fused-ring (bicyclic) bond motifs is 1. The van der Waals surface area contributed by atoms with Gasteiger partial charge in [0, 0.05) is 0 Å². The lowest BCUT2D eigenvalue weighted by atomic mass is 9.98. The molecular formula is C21H23FN4O2. The molecule has 3 N–H and O–H groups in total. The number of hydrogen-bond donors (Lipinski definition) is 3. The number of hydrogen-bond acceptors (Lipinski definition) is 3. The van der Waals surface area contributed by atoms with E-state index in [2.05, 4.69) is 20.6 Å². The summed E-state index contributed by atoms with van der Waals surface area (Å²) in [7, 11) is 0. The monoisotopic (exact) mass is 382 g/mol. The predicted octanol–water partition coefficient (Wildman–Crippen LogP) is 3.41. The first-order valence-corrected chi connectivity index (χ1v) is 9.26. The number of imidazole rings is 1. The van der Waals surface area contributed by atoms with Crippen molar-refractivity contribution >= 4 is 28.8 Å². The van der Waals surface area contributed by atoms with Crippen molar-refractivity contribution in [2.45, 2.75) is 32.7 Å². The number of anilines is 1. The number of aromatic nitrogens is 2. The molecule has 3 aromatic rings. The Morgan fingerprint density at radius 2 is 1.86 bits per heavy atom. The summed E-state index contributed by atoms with van der Waals surface area (Å²) in [4.78, 5) is 32.6. The van der Waals surface area contributed by atoms with E-state index in [0.717, 1.165) is 11.0 Å². The number of aromatic amines is 1. The maximum absolute atomic E-state index is 13.8. The lowest BCUT2D eigenvalue weighted by molar-refractivity contribution is -0.127. The van der Waals surface area contributed by atoms with Crippen molar-refractivity contribution in [3.05, 3.63) is 59.9 Å². The largest absolute Gasteiger partial charge is 0.344 e. The van der Waals surface area contributed by atoms with Crippen LogP contribution in [0.3, 0.4) is 0 Å². The molecule has 6 nitrogen and oxygen atoms in total. The topological polar surface area (TPSA) is 86.9 Å². The molecule has 2 amide bonds. The number of carbonyl (C=O) groups is 2. The fraction of sp³-hybridized carbons (Fsp3) is 0.286. The molecule has 7 heteroatoms. The summed E-state index contributed by atoms with van der Waals surface area (Å²) in [6.07, 6.45) is 0.565. The van der Waals surface area contributed by atoms with Crippen LogP contribution in [0.2, 0.25) is 0 Å². The summed E-state index contributed by atoms with van der Waals surface area (Å²) in [5.41, 5.74) is 1.84. The van der Waals surface area contributed by atoms with Gasteiger partial charge in [0.15, 0.2) is 0 Å². The van der Waals surface area contributed by atoms with Crippen LogP contribution >= 0.6 is 0 Å². The van der Waals surface area contributed by atoms with Crippen LogP contribution in [0.5, 0.6) is 0 Å². The third-order valence-electron chi connectivity index (χ3n) is 4.75. The molecule has 0 radical (unpaired) electrons. The number of para-hydroxylation sites is 2. The molecule has 1 heterocycles. The van der Waals surface area contributed by atoms with E-state index in [1.165, 1.54) is 6.07 Å². The molecule has 0 fully saturated rings. The Bertz CT molecular complexity index is 952. The van der Waals surface area contributed by atoms with E-state index in [1.807, 2.05) is 38.1 Å². The molecule has 28 heavy (non-hydrogen) atoms. The molecule has 2 aromatic carbocycles. The van der Waals surface area contributed by atoms with E-state index in [-0.39, 0.29) is 18.2 Å². The van der Waals surface area contributed by atoms with Crippen LogP contribution < -0.4 is 10.6 Å². The highest BCUT2D eigenvalue weighted by molar-refractivity contribution is 5.97. The van der Waals surface area contributed by atoms with Gasteiger partial charge < -0.3 is 10.3 Å². The second-order valence-corrected chi connectivity index (χ2v) is 6.79. The second-order valence-electron chi connectivity index (χ2n) is 6.79. The van der Waals surface area contributed by atoms with Crippen LogP contribution in [0.1, 0.15) is 25.8 Å². The van der Waals surface area contributed by atoms with Crippen molar-refractivity contribution in [3.63, 3.8) is 0 Å². The maximum atomic E-state index is 13.8. The van der Waals surface area contributed by atoms with Crippen molar-refractivity contribution in [1.29, 1.82) is 0 Å². The van der Waals surface area contributed by atoms with Gasteiger partial charge in [-0.25, -0.2) is 9.37 Å². The highest BCUT2D eigenvalue weighted by Gasteiger charge is 2.27. The van der Waals surface area contributed by atoms with Crippen molar-refractivity contribution in [1.82, 2.24) is 15.3 Å². The molecule has 0 aliphatic rings. The van der Waals surface area contributed by atoms with Gasteiger partial charge in [-0.05, 0) is 29.7 Å². The number of benzene rings is 2. The Morgan fingerprint density at radius 1 is 1.14 bits per heavy atom. The van der Waals surface area contributed by atoms with Crippen molar-refractivity contribution in [2.24, 2.45) is 5.92 Å². The number of nitrogens with zero attached hydrogens (tertiary/aromatic N) is 1. The Kier molecular flexibility index (Phi) is 6.03. The van der Waals surface area contributed by atoms with Gasteiger partial charge in [-0.15, -0.1) is 0 Å². The van der Waals surface area contributed by atoms with Gasteiger partial charge in [-0.2, -0.15) is 0 Å². The molecule has 2 atom stereocenters. The third kappa shape index (κ3) is 4.54. The number of carbonyl (C=O) groups excluding carboxylic acids is 2. The van der Waals surface area contributed by atoms with E-state index in [0.29, 0.717) is 17.9 Å². The molecular weight excluding hydrogens is 359 g/mol. The van der Waals surface area contributed by atoms with Crippen LogP contribution in [-0.2, 0) is 16.0 Å². The number of halogens is 1. The van der Waals surface area contributed by atoms with E-state index >= 15 is 0 Å². The van der Waals surface area contributed by atoms with Crippen molar-refractivity contribution in [2.75, 3.05) is 5.32 Å². The van der Waals surface area contributed by atoms with Crippen molar-refractivity contribution < 1.29 is 14.0 Å². The molecule has 0 saturated heterocycles. The summed E-state index contributed by atoms with van der Waals surface area (Å²) in [5.74, 6) is -0.994. The number of rotatable bonds is 7. The van der Waals surface area contributed by atoms with Gasteiger partial charge >= 0.3 is 0 Å². The normalized spacial score (nSPS) is 13.1. The van der Waals surface area contributed by atoms with Crippen molar-refractivity contribution in [3.8, 4) is 0 Å². The summed E-state index contributed by atoms with van der Waals surface area (Å²) in [5, 5.41) is 5.47. The van der Waals surface area contributed by atoms with Crippen LogP contribution in [0, 0.1) is 11.7 Å². The lowest BCUT2D eigenvalue weighted by Gasteiger charge is -2.23. The zero-order chi connectivity index (χ0) is 20.1. The Labute approximate surface area is 162 Å². The predicted molar refractivity (Wildman–Crippen MR) is 106 cm³/mol. The maximum Gasteiger partial charge on any atom is 0.249 e. The first kappa shape index (κ1) is 19.5. The molecule has 0 spiro atoms. The minimum atomic E-state index is -0.752. The van der Waals surface area contributed by atoms with Gasteiger partial charge in [0.25, 0.3) is 0 Å². The number of nitrogens with one attached hydrogen (secondary N) is 3. The molecule has 3 rings (SSSR count). The Balaban J connectivity index is 1.71. The second kappa shape index (κ2) is 8.65. The fourth-order valence-electron chi connectivity index (χ4n) is 2.95. The Morgan fingerprint density at radius 3 is 2.57 bits per heavy atom. The molecule has 0 bridgehead atoms. The van der Waals surface area contributed by atoms with E-state index in [9.17, 15) is 14.0 Å². The first-order valence-electron chi connectivity index (χ1n) is 9.26. The molecule has 0 saturated carbocycles. The number of H-pyrrole nitrogens is 1. The first-order chi connectivity index (χ1) is 13.5. The zero-order valence-electron chi connectivity index (χ0n) is 15.8. The minimum Gasteiger partial charge on any atom is -0.344 e. The quantitative estimate of drug-likeness (QED) is 0.585. The van der Waals surface area contributed by atoms with Gasteiger partial charge in [0.2, 0.25) is 17.8 Å². The summed E-state index contributed by atoms with van der Waals surface area (Å²) >= 11 is 0. The zero-order valence-corrected chi connectivity index (χ0v) is 15.8. The fourth-order valence-corrected chi connectivity index (χ4v) is 2.95. The minimum absolute atomic E-state index is 0.103. The van der Waals surface area contributed by atoms with Crippen LogP contribution in [0.15, 0.2) is 48.5 Å². The molecule has 146 valence electrons. The average molecular weight is 382 g/mol. The molecule has 0 aliphatic heterocycles. The molecule has 0 aliphatic carbocycles. The summed E-state index contributed by atoms with van der Waals surface area (Å²) in [6.45, 7) is 3.82. The van der Waals surface area contributed by atoms with Gasteiger partial charge in [-0.3, -0.25) is 14.9 Å². The molecule has 0 unspecified atom stereocenters. The Hall–Kier alpha value is -3.22. The van der Waals surface area contributed by atoms with Crippen LogP contribution in [-0.4, -0.2) is 27.8 Å². The van der Waals surface area contributed by atoms with Crippen LogP contribution in [0.4, 0.5) is 10.3 Å². The summed E-state index contributed by atoms with van der Waals surface area (Å²) in [6, 6.07) is 12.8. The SMILES string of the molecule is CC[C@H](C)[C@H](NC(=O)Cc1ccccc1F)C(=O)Nc1nc2ccccc2[nH]1. The average Bonchev–Trinajstić information content (AvgIpc) is 3.09. The summed E-state index contributed by atoms with van der Waals surface area (Å²) < 4.78 is 13.8. The molecule has 1 aromatic heterocycles. The van der Waals surface area contributed by atoms with Gasteiger partial charge in [-0.1, -0.05) is 50.6 Å². The van der Waals surface area contributed by atoms with Gasteiger partial charge in [0.05, 0.1) is 17.5 Å². The standard InChI is InChI=1S/C21H23FN4O2/c1-3-13(2)19(25-18(27)12-14-8-4-5-9-15(14)22)20(28)26-21-23-16-10-6-7-11-17(16)24-21/h4-11,13,19H,3,12H2,1-2H3,(H,25,27)(H2,23,24,26,28)/t13-,19-/m0/s1. The third-order valence-corrected chi connectivity index (χ3v) is 4.75. The van der Waals surface area contributed by atoms with E-state index < -0.39 is 17.8 Å². The number of amides is 2. The van der Waals surface area contributed by atoms with E-state index in [1.54, 1.807) is 18.2 Å². The lowest BCUT2D eigenvalue weighted by Crippen LogP contribution is -2.48. The highest BCUT2D eigenvalue weighted by Crippen LogP contribution is 2.16. The van der Waals surface area contributed by atoms with Crippen LogP contribution in [0.25, 0.3) is 11.0 Å². The van der Waals surface area contributed by atoms with Gasteiger partial charge in [0.1, 0.15) is 11.9 Å².